The molecule has 2 N–H and O–H groups in total. The van der Waals surface area contributed by atoms with Crippen LogP contribution in [0.3, 0.4) is 0 Å². The van der Waals surface area contributed by atoms with Crippen LogP contribution in [0.4, 0.5) is 5.95 Å². The molecule has 1 aromatic carbocycles. The van der Waals surface area contributed by atoms with Crippen molar-refractivity contribution in [1.29, 1.82) is 0 Å². The van der Waals surface area contributed by atoms with Crippen LogP contribution < -0.4 is 10.6 Å². The molecule has 1 aliphatic heterocycles. The van der Waals surface area contributed by atoms with E-state index in [1.807, 2.05) is 24.3 Å². The first-order valence-electron chi connectivity index (χ1n) is 6.75. The van der Waals surface area contributed by atoms with Crippen LogP contribution in [0.15, 0.2) is 24.3 Å². The molecule has 2 heterocycles. The number of anilines is 1. The van der Waals surface area contributed by atoms with E-state index in [0.717, 1.165) is 49.5 Å². The normalized spacial score (nSPS) is 18.7. The van der Waals surface area contributed by atoms with Crippen molar-refractivity contribution < 1.29 is 0 Å². The van der Waals surface area contributed by atoms with Gasteiger partial charge in [0.2, 0.25) is 5.95 Å². The van der Waals surface area contributed by atoms with Gasteiger partial charge in [-0.1, -0.05) is 19.1 Å². The van der Waals surface area contributed by atoms with Gasteiger partial charge >= 0.3 is 0 Å². The first-order valence-corrected chi connectivity index (χ1v) is 6.75. The topological polar surface area (TPSA) is 67.9 Å². The summed E-state index contributed by atoms with van der Waals surface area (Å²) in [7, 11) is 0. The molecule has 19 heavy (non-hydrogen) atoms. The van der Waals surface area contributed by atoms with Gasteiger partial charge in [0, 0.05) is 13.1 Å². The van der Waals surface area contributed by atoms with Crippen molar-refractivity contribution >= 4 is 17.0 Å². The molecule has 0 bridgehead atoms. The Morgan fingerprint density at radius 2 is 1.84 bits per heavy atom. The molecule has 5 heteroatoms. The van der Waals surface area contributed by atoms with E-state index in [-0.39, 0.29) is 5.41 Å². The van der Waals surface area contributed by atoms with Gasteiger partial charge in [-0.3, -0.25) is 0 Å². The lowest BCUT2D eigenvalue weighted by Crippen LogP contribution is -2.43. The summed E-state index contributed by atoms with van der Waals surface area (Å²) in [4.78, 5) is 6.80. The van der Waals surface area contributed by atoms with Crippen molar-refractivity contribution in [2.45, 2.75) is 19.8 Å². The number of aromatic nitrogens is 3. The highest BCUT2D eigenvalue weighted by molar-refractivity contribution is 5.74. The second-order valence-electron chi connectivity index (χ2n) is 5.60. The highest BCUT2D eigenvalue weighted by atomic mass is 15.3. The summed E-state index contributed by atoms with van der Waals surface area (Å²) in [5, 5.41) is 8.47. The van der Waals surface area contributed by atoms with Crippen LogP contribution in [0.5, 0.6) is 0 Å². The highest BCUT2D eigenvalue weighted by Crippen LogP contribution is 2.30. The molecule has 0 aliphatic carbocycles. The molecule has 0 radical (unpaired) electrons. The summed E-state index contributed by atoms with van der Waals surface area (Å²) in [6.07, 6.45) is 2.17. The molecule has 0 unspecified atom stereocenters. The third-order valence-corrected chi connectivity index (χ3v) is 4.10. The monoisotopic (exact) mass is 257 g/mol. The van der Waals surface area contributed by atoms with E-state index in [1.165, 1.54) is 0 Å². The molecule has 1 saturated heterocycles. The quantitative estimate of drug-likeness (QED) is 0.885. The summed E-state index contributed by atoms with van der Waals surface area (Å²) >= 11 is 0. The molecular formula is C14H19N5. The van der Waals surface area contributed by atoms with E-state index in [4.69, 9.17) is 5.73 Å². The first kappa shape index (κ1) is 12.3. The Hall–Kier alpha value is -1.75. The Balaban J connectivity index is 1.82. The number of nitrogens with zero attached hydrogens (tertiary/aromatic N) is 4. The van der Waals surface area contributed by atoms with Gasteiger partial charge in [0.1, 0.15) is 5.52 Å². The zero-order valence-corrected chi connectivity index (χ0v) is 11.2. The molecule has 5 nitrogen and oxygen atoms in total. The summed E-state index contributed by atoms with van der Waals surface area (Å²) in [5.74, 6) is 0.734. The van der Waals surface area contributed by atoms with Gasteiger partial charge in [0.25, 0.3) is 0 Å². The van der Waals surface area contributed by atoms with Gasteiger partial charge in [-0.2, -0.15) is 0 Å². The zero-order chi connectivity index (χ0) is 13.3. The predicted octanol–water partition coefficient (Wildman–Crippen LogP) is 1.59. The standard InChI is InChI=1S/C14H19N5/c1-14(10-15)6-8-19(9-7-14)13-16-11-4-2-3-5-12(11)17-18-13/h2-5H,6-10,15H2,1H3. The smallest absolute Gasteiger partial charge is 0.245 e. The fourth-order valence-electron chi connectivity index (χ4n) is 2.46. The second kappa shape index (κ2) is 4.74. The number of benzene rings is 1. The molecule has 0 atom stereocenters. The second-order valence-corrected chi connectivity index (χ2v) is 5.60. The Kier molecular flexibility index (Phi) is 3.06. The molecule has 1 aromatic heterocycles. The molecule has 100 valence electrons. The Morgan fingerprint density at radius 1 is 1.16 bits per heavy atom. The number of hydrogen-bond donors (Lipinski definition) is 1. The lowest BCUT2D eigenvalue weighted by molar-refractivity contribution is 0.257. The van der Waals surface area contributed by atoms with Crippen LogP contribution in [-0.2, 0) is 0 Å². The number of rotatable bonds is 2. The maximum atomic E-state index is 5.83. The van der Waals surface area contributed by atoms with E-state index in [2.05, 4.69) is 27.0 Å². The maximum absolute atomic E-state index is 5.83. The minimum atomic E-state index is 0.265. The molecule has 2 aromatic rings. The van der Waals surface area contributed by atoms with Crippen molar-refractivity contribution in [3.05, 3.63) is 24.3 Å². The van der Waals surface area contributed by atoms with Crippen molar-refractivity contribution in [2.24, 2.45) is 11.1 Å². The summed E-state index contributed by atoms with van der Waals surface area (Å²) < 4.78 is 0. The van der Waals surface area contributed by atoms with Crippen LogP contribution in [0, 0.1) is 5.41 Å². The van der Waals surface area contributed by atoms with Crippen LogP contribution in [-0.4, -0.2) is 34.8 Å². The van der Waals surface area contributed by atoms with Gasteiger partial charge in [0.15, 0.2) is 0 Å². The number of hydrogen-bond acceptors (Lipinski definition) is 5. The van der Waals surface area contributed by atoms with Crippen molar-refractivity contribution in [3.8, 4) is 0 Å². The van der Waals surface area contributed by atoms with Gasteiger partial charge in [0.05, 0.1) is 5.52 Å². The number of piperidine rings is 1. The van der Waals surface area contributed by atoms with Gasteiger partial charge in [-0.15, -0.1) is 10.2 Å². The highest BCUT2D eigenvalue weighted by Gasteiger charge is 2.29. The SMILES string of the molecule is CC1(CN)CCN(c2nnc3ccccc3n2)CC1. The van der Waals surface area contributed by atoms with E-state index in [0.29, 0.717) is 0 Å². The average molecular weight is 257 g/mol. The molecule has 0 amide bonds. The Labute approximate surface area is 112 Å². The van der Waals surface area contributed by atoms with Gasteiger partial charge in [-0.05, 0) is 36.9 Å². The summed E-state index contributed by atoms with van der Waals surface area (Å²) in [6.45, 7) is 4.91. The third kappa shape index (κ3) is 2.38. The predicted molar refractivity (Wildman–Crippen MR) is 75.9 cm³/mol. The third-order valence-electron chi connectivity index (χ3n) is 4.10. The minimum Gasteiger partial charge on any atom is -0.339 e. The summed E-state index contributed by atoms with van der Waals surface area (Å²) in [5.41, 5.74) is 7.84. The fourth-order valence-corrected chi connectivity index (χ4v) is 2.46. The molecule has 0 spiro atoms. The van der Waals surface area contributed by atoms with Crippen LogP contribution in [0.1, 0.15) is 19.8 Å². The van der Waals surface area contributed by atoms with Gasteiger partial charge < -0.3 is 10.6 Å². The lowest BCUT2D eigenvalue weighted by Gasteiger charge is -2.38. The van der Waals surface area contributed by atoms with Crippen LogP contribution >= 0.6 is 0 Å². The van der Waals surface area contributed by atoms with Crippen molar-refractivity contribution in [3.63, 3.8) is 0 Å². The molecular weight excluding hydrogens is 238 g/mol. The average Bonchev–Trinajstić information content (AvgIpc) is 2.47. The number of nitrogens with two attached hydrogens (primary N) is 1. The van der Waals surface area contributed by atoms with Crippen LogP contribution in [0.2, 0.25) is 0 Å². The van der Waals surface area contributed by atoms with E-state index in [9.17, 15) is 0 Å². The Morgan fingerprint density at radius 3 is 2.53 bits per heavy atom. The van der Waals surface area contributed by atoms with Crippen molar-refractivity contribution in [1.82, 2.24) is 15.2 Å². The maximum Gasteiger partial charge on any atom is 0.245 e. The molecule has 1 fully saturated rings. The number of para-hydroxylation sites is 1. The lowest BCUT2D eigenvalue weighted by atomic mass is 9.81. The molecule has 1 aliphatic rings. The van der Waals surface area contributed by atoms with E-state index >= 15 is 0 Å². The Bertz CT molecular complexity index is 575. The molecule has 0 saturated carbocycles. The summed E-state index contributed by atoms with van der Waals surface area (Å²) in [6, 6.07) is 7.83. The first-order chi connectivity index (χ1) is 9.20. The minimum absolute atomic E-state index is 0.265. The number of fused-ring (bicyclic) bond motifs is 1. The fraction of sp³-hybridized carbons (Fsp3) is 0.500. The van der Waals surface area contributed by atoms with Crippen molar-refractivity contribution in [2.75, 3.05) is 24.5 Å². The van der Waals surface area contributed by atoms with Crippen LogP contribution in [0.25, 0.3) is 11.0 Å². The van der Waals surface area contributed by atoms with E-state index < -0.39 is 0 Å². The van der Waals surface area contributed by atoms with Gasteiger partial charge in [-0.25, -0.2) is 4.98 Å². The zero-order valence-electron chi connectivity index (χ0n) is 11.2. The molecule has 3 rings (SSSR count). The largest absolute Gasteiger partial charge is 0.339 e. The van der Waals surface area contributed by atoms with E-state index in [1.54, 1.807) is 0 Å².